The zero-order chi connectivity index (χ0) is 16.5. The third-order valence-electron chi connectivity index (χ3n) is 4.91. The van der Waals surface area contributed by atoms with Crippen LogP contribution in [0.2, 0.25) is 0 Å². The van der Waals surface area contributed by atoms with Crippen molar-refractivity contribution < 1.29 is 20.4 Å². The molecule has 4 N–H and O–H groups in total. The van der Waals surface area contributed by atoms with Gasteiger partial charge in [0.15, 0.2) is 0 Å². The van der Waals surface area contributed by atoms with Gasteiger partial charge in [-0.3, -0.25) is 4.90 Å². The molecule has 0 amide bonds. The Hall–Kier alpha value is -0.200. The zero-order valence-corrected chi connectivity index (χ0v) is 14.2. The normalized spacial score (nSPS) is 31.4. The summed E-state index contributed by atoms with van der Waals surface area (Å²) in [5.41, 5.74) is 0. The van der Waals surface area contributed by atoms with E-state index >= 15 is 0 Å². The lowest BCUT2D eigenvalue weighted by Crippen LogP contribution is -2.61. The van der Waals surface area contributed by atoms with Crippen LogP contribution < -0.4 is 0 Å². The highest BCUT2D eigenvalue weighted by molar-refractivity contribution is 4.94. The average molecular weight is 317 g/mol. The molecule has 1 rings (SSSR count). The van der Waals surface area contributed by atoms with Gasteiger partial charge in [0.05, 0.1) is 12.2 Å². The molecule has 1 heterocycles. The first-order valence-electron chi connectivity index (χ1n) is 8.94. The largest absolute Gasteiger partial charge is 0.396 e. The molecule has 5 heteroatoms. The molecule has 0 radical (unpaired) electrons. The minimum absolute atomic E-state index is 0.134. The Balaban J connectivity index is 2.46. The van der Waals surface area contributed by atoms with Crippen molar-refractivity contribution in [3.63, 3.8) is 0 Å². The predicted molar refractivity (Wildman–Crippen MR) is 87.6 cm³/mol. The molecular weight excluding hydrogens is 282 g/mol. The monoisotopic (exact) mass is 317 g/mol. The second kappa shape index (κ2) is 10.6. The molecule has 1 saturated heterocycles. The Morgan fingerprint density at radius 2 is 1.68 bits per heavy atom. The van der Waals surface area contributed by atoms with Crippen molar-refractivity contribution in [1.82, 2.24) is 4.90 Å². The van der Waals surface area contributed by atoms with E-state index in [0.717, 1.165) is 19.3 Å². The third-order valence-corrected chi connectivity index (χ3v) is 4.91. The van der Waals surface area contributed by atoms with E-state index in [1.807, 2.05) is 11.8 Å². The molecule has 5 atom stereocenters. The molecule has 1 fully saturated rings. The van der Waals surface area contributed by atoms with E-state index in [9.17, 15) is 20.4 Å². The first-order chi connectivity index (χ1) is 10.5. The van der Waals surface area contributed by atoms with Crippen LogP contribution in [-0.2, 0) is 0 Å². The van der Waals surface area contributed by atoms with Crippen LogP contribution in [-0.4, -0.2) is 69.4 Å². The summed E-state index contributed by atoms with van der Waals surface area (Å²) in [5, 5.41) is 39.4. The number of rotatable bonds is 10. The van der Waals surface area contributed by atoms with Gasteiger partial charge in [-0.2, -0.15) is 0 Å². The van der Waals surface area contributed by atoms with E-state index in [1.54, 1.807) is 0 Å². The Kier molecular flexibility index (Phi) is 9.52. The van der Waals surface area contributed by atoms with Crippen molar-refractivity contribution in [2.24, 2.45) is 5.92 Å². The SMILES string of the molecule is CCCCCCCC(CO)CN1C[C@H](O)[C@@H](O)[C@H](O)[C@@H]1CC. The molecule has 1 aliphatic rings. The summed E-state index contributed by atoms with van der Waals surface area (Å²) in [6.45, 7) is 5.34. The lowest BCUT2D eigenvalue weighted by molar-refractivity contribution is -0.140. The molecular formula is C17H35NO4. The molecule has 0 bridgehead atoms. The first kappa shape index (κ1) is 19.8. The van der Waals surface area contributed by atoms with Gasteiger partial charge in [0.25, 0.3) is 0 Å². The Bertz CT molecular complexity index is 290. The quantitative estimate of drug-likeness (QED) is 0.454. The summed E-state index contributed by atoms with van der Waals surface area (Å²) in [6, 6.07) is -0.146. The fourth-order valence-corrected chi connectivity index (χ4v) is 3.47. The maximum atomic E-state index is 10.1. The van der Waals surface area contributed by atoms with Crippen molar-refractivity contribution in [3.05, 3.63) is 0 Å². The van der Waals surface area contributed by atoms with Crippen molar-refractivity contribution in [3.8, 4) is 0 Å². The van der Waals surface area contributed by atoms with Crippen molar-refractivity contribution in [1.29, 1.82) is 0 Å². The number of aliphatic hydroxyl groups is 4. The van der Waals surface area contributed by atoms with E-state index in [1.165, 1.54) is 25.7 Å². The van der Waals surface area contributed by atoms with Gasteiger partial charge in [0.1, 0.15) is 6.10 Å². The summed E-state index contributed by atoms with van der Waals surface area (Å²) in [6.07, 6.45) is 4.86. The molecule has 0 aliphatic carbocycles. The van der Waals surface area contributed by atoms with E-state index in [4.69, 9.17) is 0 Å². The number of aliphatic hydroxyl groups excluding tert-OH is 4. The molecule has 1 aliphatic heterocycles. The zero-order valence-electron chi connectivity index (χ0n) is 14.2. The van der Waals surface area contributed by atoms with Gasteiger partial charge in [-0.25, -0.2) is 0 Å². The summed E-state index contributed by atoms with van der Waals surface area (Å²) in [5.74, 6) is 0.172. The molecule has 22 heavy (non-hydrogen) atoms. The van der Waals surface area contributed by atoms with Crippen LogP contribution in [0.25, 0.3) is 0 Å². The highest BCUT2D eigenvalue weighted by Gasteiger charge is 2.40. The van der Waals surface area contributed by atoms with Gasteiger partial charge in [-0.15, -0.1) is 0 Å². The van der Waals surface area contributed by atoms with Crippen molar-refractivity contribution >= 4 is 0 Å². The fraction of sp³-hybridized carbons (Fsp3) is 1.00. The van der Waals surface area contributed by atoms with Crippen LogP contribution >= 0.6 is 0 Å². The Morgan fingerprint density at radius 3 is 2.27 bits per heavy atom. The minimum Gasteiger partial charge on any atom is -0.396 e. The van der Waals surface area contributed by atoms with E-state index in [2.05, 4.69) is 6.92 Å². The molecule has 1 unspecified atom stereocenters. The van der Waals surface area contributed by atoms with E-state index < -0.39 is 18.3 Å². The number of hydrogen-bond donors (Lipinski definition) is 4. The van der Waals surface area contributed by atoms with Crippen LogP contribution in [0, 0.1) is 5.92 Å². The van der Waals surface area contributed by atoms with Crippen LogP contribution in [0.4, 0.5) is 0 Å². The summed E-state index contributed by atoms with van der Waals surface area (Å²) < 4.78 is 0. The molecule has 0 aromatic heterocycles. The molecule has 5 nitrogen and oxygen atoms in total. The lowest BCUT2D eigenvalue weighted by Gasteiger charge is -2.44. The second-order valence-corrected chi connectivity index (χ2v) is 6.73. The molecule has 0 aromatic rings. The van der Waals surface area contributed by atoms with Crippen LogP contribution in [0.15, 0.2) is 0 Å². The first-order valence-corrected chi connectivity index (χ1v) is 8.94. The third kappa shape index (κ3) is 5.78. The fourth-order valence-electron chi connectivity index (χ4n) is 3.47. The number of piperidine rings is 1. The molecule has 0 spiro atoms. The topological polar surface area (TPSA) is 84.2 Å². The maximum Gasteiger partial charge on any atom is 0.108 e. The highest BCUT2D eigenvalue weighted by Crippen LogP contribution is 2.23. The van der Waals surface area contributed by atoms with Gasteiger partial charge >= 0.3 is 0 Å². The van der Waals surface area contributed by atoms with Crippen LogP contribution in [0.5, 0.6) is 0 Å². The maximum absolute atomic E-state index is 10.1. The number of β-amino-alcohol motifs (C(OH)–C–C–N with tert-alkyl or cyclic N) is 1. The molecule has 132 valence electrons. The van der Waals surface area contributed by atoms with Crippen molar-refractivity contribution in [2.45, 2.75) is 83.1 Å². The minimum atomic E-state index is -1.07. The Labute approximate surface area is 135 Å². The average Bonchev–Trinajstić information content (AvgIpc) is 2.51. The summed E-state index contributed by atoms with van der Waals surface area (Å²) in [7, 11) is 0. The number of hydrogen-bond acceptors (Lipinski definition) is 5. The van der Waals surface area contributed by atoms with Gasteiger partial charge in [-0.05, 0) is 18.8 Å². The standard InChI is InChI=1S/C17H35NO4/c1-3-5-6-7-8-9-13(12-19)10-18-11-15(20)17(22)16(21)14(18)4-2/h13-17,19-22H,3-12H2,1-2H3/t13?,14-,15-,16+,17+/m0/s1. The highest BCUT2D eigenvalue weighted by atomic mass is 16.4. The van der Waals surface area contributed by atoms with Gasteiger partial charge in [0.2, 0.25) is 0 Å². The molecule has 0 aromatic carbocycles. The number of nitrogens with zero attached hydrogens (tertiary/aromatic N) is 1. The molecule has 0 saturated carbocycles. The number of unbranched alkanes of at least 4 members (excludes halogenated alkanes) is 4. The Morgan fingerprint density at radius 1 is 1.00 bits per heavy atom. The van der Waals surface area contributed by atoms with Crippen LogP contribution in [0.1, 0.15) is 58.8 Å². The van der Waals surface area contributed by atoms with Gasteiger partial charge < -0.3 is 20.4 Å². The van der Waals surface area contributed by atoms with Crippen LogP contribution in [0.3, 0.4) is 0 Å². The smallest absolute Gasteiger partial charge is 0.108 e. The van der Waals surface area contributed by atoms with Gasteiger partial charge in [0, 0.05) is 25.7 Å². The van der Waals surface area contributed by atoms with Gasteiger partial charge in [-0.1, -0.05) is 46.0 Å². The van der Waals surface area contributed by atoms with E-state index in [0.29, 0.717) is 13.1 Å². The summed E-state index contributed by atoms with van der Waals surface area (Å²) >= 11 is 0. The van der Waals surface area contributed by atoms with E-state index in [-0.39, 0.29) is 18.6 Å². The number of likely N-dealkylation sites (tertiary alicyclic amines) is 1. The second-order valence-electron chi connectivity index (χ2n) is 6.73. The van der Waals surface area contributed by atoms with Crippen molar-refractivity contribution in [2.75, 3.05) is 19.7 Å². The summed E-state index contributed by atoms with van der Waals surface area (Å²) in [4.78, 5) is 2.04. The lowest BCUT2D eigenvalue weighted by atomic mass is 9.90. The predicted octanol–water partition coefficient (Wildman–Crippen LogP) is 1.13.